The SMILES string of the molecule is Cc1ccc(Cn2c(Oc3ccc(Cl)cc3C3CCCCC3)nc3c2c(=O)n(C)c(=O)n3C)cc1. The normalized spacial score (nSPS) is 14.5. The fourth-order valence-corrected chi connectivity index (χ4v) is 5.15. The van der Waals surface area contributed by atoms with Crippen LogP contribution in [-0.2, 0) is 20.6 Å². The molecule has 7 nitrogen and oxygen atoms in total. The van der Waals surface area contributed by atoms with Gasteiger partial charge in [0.25, 0.3) is 5.56 Å². The zero-order valence-corrected chi connectivity index (χ0v) is 21.0. The summed E-state index contributed by atoms with van der Waals surface area (Å²) in [6.45, 7) is 2.41. The molecule has 0 N–H and O–H groups in total. The van der Waals surface area contributed by atoms with Gasteiger partial charge in [-0.25, -0.2) is 4.79 Å². The molecule has 1 fully saturated rings. The lowest BCUT2D eigenvalue weighted by Crippen LogP contribution is -2.37. The van der Waals surface area contributed by atoms with E-state index in [1.807, 2.05) is 49.4 Å². The molecule has 2 aromatic carbocycles. The number of benzene rings is 2. The maximum absolute atomic E-state index is 13.2. The Bertz CT molecular complexity index is 1510. The molecular formula is C27H29ClN4O3. The van der Waals surface area contributed by atoms with Crippen LogP contribution in [0.1, 0.15) is 54.7 Å². The molecule has 35 heavy (non-hydrogen) atoms. The highest BCUT2D eigenvalue weighted by atomic mass is 35.5. The van der Waals surface area contributed by atoms with Crippen LogP contribution in [0.2, 0.25) is 5.02 Å². The van der Waals surface area contributed by atoms with Gasteiger partial charge >= 0.3 is 11.7 Å². The Hall–Kier alpha value is -3.32. The summed E-state index contributed by atoms with van der Waals surface area (Å²) in [5, 5.41) is 0.669. The molecule has 4 aromatic rings. The minimum Gasteiger partial charge on any atom is -0.425 e. The fourth-order valence-electron chi connectivity index (χ4n) is 4.97. The summed E-state index contributed by atoms with van der Waals surface area (Å²) in [6.07, 6.45) is 5.79. The molecule has 1 aliphatic rings. The third kappa shape index (κ3) is 4.41. The molecule has 0 amide bonds. The van der Waals surface area contributed by atoms with Crippen molar-refractivity contribution in [1.29, 1.82) is 0 Å². The van der Waals surface area contributed by atoms with Gasteiger partial charge in [0.1, 0.15) is 5.75 Å². The second kappa shape index (κ2) is 9.38. The molecule has 0 bridgehead atoms. The summed E-state index contributed by atoms with van der Waals surface area (Å²) in [7, 11) is 3.10. The monoisotopic (exact) mass is 492 g/mol. The van der Waals surface area contributed by atoms with Crippen molar-refractivity contribution in [3.8, 4) is 11.8 Å². The summed E-state index contributed by atoms with van der Waals surface area (Å²) in [6, 6.07) is 14.0. The molecule has 0 atom stereocenters. The molecule has 0 saturated heterocycles. The predicted molar refractivity (Wildman–Crippen MR) is 138 cm³/mol. The van der Waals surface area contributed by atoms with E-state index in [1.54, 1.807) is 11.6 Å². The van der Waals surface area contributed by atoms with E-state index < -0.39 is 11.2 Å². The van der Waals surface area contributed by atoms with Crippen molar-refractivity contribution >= 4 is 22.8 Å². The van der Waals surface area contributed by atoms with Crippen molar-refractivity contribution in [2.24, 2.45) is 14.1 Å². The summed E-state index contributed by atoms with van der Waals surface area (Å²) < 4.78 is 10.7. The molecule has 0 spiro atoms. The summed E-state index contributed by atoms with van der Waals surface area (Å²) in [5.41, 5.74) is 3.01. The third-order valence-electron chi connectivity index (χ3n) is 6.99. The summed E-state index contributed by atoms with van der Waals surface area (Å²) >= 11 is 6.37. The van der Waals surface area contributed by atoms with Crippen molar-refractivity contribution in [2.45, 2.75) is 51.5 Å². The van der Waals surface area contributed by atoms with Crippen molar-refractivity contribution in [2.75, 3.05) is 0 Å². The van der Waals surface area contributed by atoms with Crippen LogP contribution in [0, 0.1) is 6.92 Å². The van der Waals surface area contributed by atoms with Crippen LogP contribution in [0.15, 0.2) is 52.1 Å². The van der Waals surface area contributed by atoms with E-state index in [0.717, 1.165) is 34.1 Å². The number of nitrogens with zero attached hydrogens (tertiary/aromatic N) is 4. The lowest BCUT2D eigenvalue weighted by atomic mass is 9.84. The molecular weight excluding hydrogens is 464 g/mol. The van der Waals surface area contributed by atoms with Gasteiger partial charge in [0.2, 0.25) is 0 Å². The van der Waals surface area contributed by atoms with Crippen molar-refractivity contribution in [3.05, 3.63) is 85.0 Å². The van der Waals surface area contributed by atoms with Gasteiger partial charge in [0.05, 0.1) is 6.54 Å². The molecule has 1 aliphatic carbocycles. The number of aryl methyl sites for hydroxylation is 2. The minimum absolute atomic E-state index is 0.276. The van der Waals surface area contributed by atoms with E-state index in [1.165, 1.54) is 30.9 Å². The van der Waals surface area contributed by atoms with Crippen molar-refractivity contribution < 1.29 is 4.74 Å². The summed E-state index contributed by atoms with van der Waals surface area (Å²) in [5.74, 6) is 1.05. The first-order valence-corrected chi connectivity index (χ1v) is 12.4. The van der Waals surface area contributed by atoms with Crippen LogP contribution in [-0.4, -0.2) is 18.7 Å². The zero-order chi connectivity index (χ0) is 24.7. The molecule has 182 valence electrons. The molecule has 0 radical (unpaired) electrons. The molecule has 8 heteroatoms. The Morgan fingerprint density at radius 2 is 1.71 bits per heavy atom. The Morgan fingerprint density at radius 3 is 2.43 bits per heavy atom. The van der Waals surface area contributed by atoms with Crippen LogP contribution in [0.4, 0.5) is 0 Å². The molecule has 0 aliphatic heterocycles. The fraction of sp³-hybridized carbons (Fsp3) is 0.370. The van der Waals surface area contributed by atoms with E-state index >= 15 is 0 Å². The molecule has 1 saturated carbocycles. The largest absolute Gasteiger partial charge is 0.425 e. The minimum atomic E-state index is -0.427. The second-order valence-corrected chi connectivity index (χ2v) is 9.90. The number of imidazole rings is 1. The number of aromatic nitrogens is 4. The van der Waals surface area contributed by atoms with Gasteiger partial charge in [-0.2, -0.15) is 4.98 Å². The Labute approximate surface area is 208 Å². The Balaban J connectivity index is 1.67. The lowest BCUT2D eigenvalue weighted by molar-refractivity contribution is 0.394. The van der Waals surface area contributed by atoms with Crippen LogP contribution in [0.25, 0.3) is 11.2 Å². The van der Waals surface area contributed by atoms with E-state index in [4.69, 9.17) is 16.3 Å². The highest BCUT2D eigenvalue weighted by Crippen LogP contribution is 2.40. The van der Waals surface area contributed by atoms with Crippen molar-refractivity contribution in [3.63, 3.8) is 0 Å². The van der Waals surface area contributed by atoms with Gasteiger partial charge in [0.15, 0.2) is 11.2 Å². The van der Waals surface area contributed by atoms with Gasteiger partial charge in [-0.15, -0.1) is 0 Å². The number of rotatable bonds is 5. The lowest BCUT2D eigenvalue weighted by Gasteiger charge is -2.24. The van der Waals surface area contributed by atoms with Crippen LogP contribution >= 0.6 is 11.6 Å². The Morgan fingerprint density at radius 1 is 1.00 bits per heavy atom. The summed E-state index contributed by atoms with van der Waals surface area (Å²) in [4.78, 5) is 30.5. The number of ether oxygens (including phenoxy) is 1. The average molecular weight is 493 g/mol. The molecule has 2 heterocycles. The van der Waals surface area contributed by atoms with E-state index in [9.17, 15) is 9.59 Å². The quantitative estimate of drug-likeness (QED) is 0.380. The maximum atomic E-state index is 13.2. The predicted octanol–water partition coefficient (Wildman–Crippen LogP) is 5.28. The van der Waals surface area contributed by atoms with Crippen LogP contribution in [0.3, 0.4) is 0 Å². The van der Waals surface area contributed by atoms with Gasteiger partial charge in [0, 0.05) is 19.1 Å². The van der Waals surface area contributed by atoms with Crippen LogP contribution < -0.4 is 16.0 Å². The zero-order valence-electron chi connectivity index (χ0n) is 20.3. The van der Waals surface area contributed by atoms with E-state index in [0.29, 0.717) is 34.4 Å². The van der Waals surface area contributed by atoms with Gasteiger partial charge < -0.3 is 4.74 Å². The number of halogens is 1. The van der Waals surface area contributed by atoms with Gasteiger partial charge in [-0.3, -0.25) is 18.5 Å². The standard InChI is InChI=1S/C27H29ClN4O3/c1-17-9-11-18(12-10-17)16-32-23-24(30(2)27(34)31(3)25(23)33)29-26(32)35-22-14-13-20(28)15-21(22)19-7-5-4-6-8-19/h9-15,19H,4-8,16H2,1-3H3. The first-order chi connectivity index (χ1) is 16.8. The first-order valence-electron chi connectivity index (χ1n) is 12.0. The highest BCUT2D eigenvalue weighted by Gasteiger charge is 2.24. The topological polar surface area (TPSA) is 71.1 Å². The molecule has 5 rings (SSSR count). The smallest absolute Gasteiger partial charge is 0.332 e. The van der Waals surface area contributed by atoms with Crippen molar-refractivity contribution in [1.82, 2.24) is 18.7 Å². The number of hydrogen-bond acceptors (Lipinski definition) is 4. The first kappa shape index (κ1) is 23.4. The molecule has 0 unspecified atom stereocenters. The van der Waals surface area contributed by atoms with Crippen LogP contribution in [0.5, 0.6) is 11.8 Å². The number of fused-ring (bicyclic) bond motifs is 1. The average Bonchev–Trinajstić information content (AvgIpc) is 3.22. The highest BCUT2D eigenvalue weighted by molar-refractivity contribution is 6.30. The third-order valence-corrected chi connectivity index (χ3v) is 7.23. The Kier molecular flexibility index (Phi) is 6.28. The second-order valence-electron chi connectivity index (χ2n) is 9.46. The van der Waals surface area contributed by atoms with E-state index in [-0.39, 0.29) is 6.01 Å². The molecule has 2 aromatic heterocycles. The van der Waals surface area contributed by atoms with Gasteiger partial charge in [-0.05, 0) is 55.0 Å². The number of hydrogen-bond donors (Lipinski definition) is 0. The van der Waals surface area contributed by atoms with E-state index in [2.05, 4.69) is 4.98 Å². The maximum Gasteiger partial charge on any atom is 0.332 e. The van der Waals surface area contributed by atoms with Gasteiger partial charge in [-0.1, -0.05) is 60.7 Å².